The molecule has 68 valence electrons. The number of ether oxygens (including phenoxy) is 1. The summed E-state index contributed by atoms with van der Waals surface area (Å²) in [5, 5.41) is 0. The van der Waals surface area contributed by atoms with Gasteiger partial charge in [0.05, 0.1) is 5.88 Å². The van der Waals surface area contributed by atoms with Crippen molar-refractivity contribution in [2.75, 3.05) is 12.5 Å². The summed E-state index contributed by atoms with van der Waals surface area (Å²) in [6.07, 6.45) is 0. The van der Waals surface area contributed by atoms with E-state index in [1.165, 1.54) is 0 Å². The molecule has 0 amide bonds. The lowest BCUT2D eigenvalue weighted by Gasteiger charge is -2.04. The molecule has 0 radical (unpaired) electrons. The number of halogens is 1. The maximum atomic E-state index is 5.41. The minimum Gasteiger partial charge on any atom is -0.481 e. The lowest BCUT2D eigenvalue weighted by molar-refractivity contribution is 0.367. The van der Waals surface area contributed by atoms with Crippen molar-refractivity contribution in [1.29, 1.82) is 0 Å². The first-order valence-corrected chi connectivity index (χ1v) is 4.58. The van der Waals surface area contributed by atoms with Crippen LogP contribution in [0.25, 0.3) is 0 Å². The zero-order valence-corrected chi connectivity index (χ0v) is 8.27. The molecule has 0 aliphatic rings. The van der Waals surface area contributed by atoms with Gasteiger partial charge in [-0.3, -0.25) is 0 Å². The van der Waals surface area contributed by atoms with Crippen LogP contribution in [0, 0.1) is 18.8 Å². The Kier molecular flexibility index (Phi) is 4.21. The molecule has 0 aliphatic carbocycles. The highest BCUT2D eigenvalue weighted by Gasteiger charge is 1.94. The minimum atomic E-state index is 0.358. The molecular formula is C11H11ClO. The number of benzene rings is 1. The molecular weight excluding hydrogens is 184 g/mol. The lowest BCUT2D eigenvalue weighted by Crippen LogP contribution is -1.95. The molecule has 13 heavy (non-hydrogen) atoms. The summed E-state index contributed by atoms with van der Waals surface area (Å²) in [4.78, 5) is 0. The topological polar surface area (TPSA) is 9.23 Å². The van der Waals surface area contributed by atoms with Gasteiger partial charge in [0.2, 0.25) is 0 Å². The van der Waals surface area contributed by atoms with E-state index in [0.29, 0.717) is 12.5 Å². The van der Waals surface area contributed by atoms with E-state index in [0.717, 1.165) is 11.3 Å². The molecule has 1 nitrogen and oxygen atoms in total. The number of alkyl halides is 1. The van der Waals surface area contributed by atoms with E-state index in [4.69, 9.17) is 16.3 Å². The predicted octanol–water partition coefficient (Wildman–Crippen LogP) is 2.62. The van der Waals surface area contributed by atoms with Gasteiger partial charge in [0.25, 0.3) is 0 Å². The Bertz CT molecular complexity index is 322. The van der Waals surface area contributed by atoms with Gasteiger partial charge in [-0.1, -0.05) is 30.0 Å². The smallest absolute Gasteiger partial charge is 0.149 e. The molecule has 1 aromatic rings. The predicted molar refractivity (Wildman–Crippen MR) is 55.2 cm³/mol. The first kappa shape index (κ1) is 9.95. The van der Waals surface area contributed by atoms with Gasteiger partial charge in [-0.25, -0.2) is 0 Å². The normalized spacial score (nSPS) is 8.77. The average Bonchev–Trinajstić information content (AvgIpc) is 2.15. The zero-order chi connectivity index (χ0) is 9.52. The minimum absolute atomic E-state index is 0.358. The maximum Gasteiger partial charge on any atom is 0.149 e. The molecule has 0 atom stereocenters. The Hall–Kier alpha value is -1.13. The number of rotatable bonds is 2. The third-order valence-electron chi connectivity index (χ3n) is 1.59. The molecule has 1 rings (SSSR count). The fraction of sp³-hybridized carbons (Fsp3) is 0.273. The summed E-state index contributed by atoms with van der Waals surface area (Å²) >= 11 is 5.39. The number of hydrogen-bond donors (Lipinski definition) is 0. The SMILES string of the molecule is Cc1ccccc1OCC#CCCl. The second-order valence-corrected chi connectivity index (χ2v) is 2.81. The molecule has 0 spiro atoms. The Balaban J connectivity index is 2.50. The summed E-state index contributed by atoms with van der Waals surface area (Å²) in [5.74, 6) is 6.77. The quantitative estimate of drug-likeness (QED) is 0.520. The molecule has 1 aromatic carbocycles. The molecule has 0 saturated carbocycles. The van der Waals surface area contributed by atoms with Crippen molar-refractivity contribution < 1.29 is 4.74 Å². The maximum absolute atomic E-state index is 5.41. The van der Waals surface area contributed by atoms with Gasteiger partial charge >= 0.3 is 0 Å². The number of aryl methyl sites for hydroxylation is 1. The summed E-state index contributed by atoms with van der Waals surface area (Å²) in [7, 11) is 0. The lowest BCUT2D eigenvalue weighted by atomic mass is 10.2. The highest BCUT2D eigenvalue weighted by Crippen LogP contribution is 2.15. The molecule has 0 unspecified atom stereocenters. The van der Waals surface area contributed by atoms with Crippen molar-refractivity contribution in [3.8, 4) is 17.6 Å². The van der Waals surface area contributed by atoms with Gasteiger partial charge in [0.15, 0.2) is 0 Å². The van der Waals surface area contributed by atoms with Crippen LogP contribution in [0.5, 0.6) is 5.75 Å². The third kappa shape index (κ3) is 3.40. The van der Waals surface area contributed by atoms with Gasteiger partial charge in [0.1, 0.15) is 12.4 Å². The van der Waals surface area contributed by atoms with Gasteiger partial charge in [0, 0.05) is 0 Å². The average molecular weight is 195 g/mol. The summed E-state index contributed by atoms with van der Waals surface area (Å²) in [6, 6.07) is 7.85. The second-order valence-electron chi connectivity index (χ2n) is 2.54. The van der Waals surface area contributed by atoms with Crippen LogP contribution in [0.1, 0.15) is 5.56 Å². The molecule has 0 aliphatic heterocycles. The van der Waals surface area contributed by atoms with Crippen LogP contribution in [0.2, 0.25) is 0 Å². The standard InChI is InChI=1S/C11H11ClO/c1-10-6-2-3-7-11(10)13-9-5-4-8-12/h2-3,6-7H,8-9H2,1H3. The van der Waals surface area contributed by atoms with Crippen molar-refractivity contribution in [3.05, 3.63) is 29.8 Å². The highest BCUT2D eigenvalue weighted by molar-refractivity contribution is 6.19. The molecule has 0 saturated heterocycles. The van der Waals surface area contributed by atoms with Crippen LogP contribution in [0.3, 0.4) is 0 Å². The van der Waals surface area contributed by atoms with Crippen LogP contribution in [0.4, 0.5) is 0 Å². The third-order valence-corrected chi connectivity index (χ3v) is 1.72. The molecule has 0 N–H and O–H groups in total. The second kappa shape index (κ2) is 5.50. The first-order valence-electron chi connectivity index (χ1n) is 4.04. The van der Waals surface area contributed by atoms with Gasteiger partial charge in [-0.15, -0.1) is 11.6 Å². The van der Waals surface area contributed by atoms with Crippen molar-refractivity contribution in [2.45, 2.75) is 6.92 Å². The van der Waals surface area contributed by atoms with Crippen LogP contribution in [0.15, 0.2) is 24.3 Å². The fourth-order valence-electron chi connectivity index (χ4n) is 0.930. The van der Waals surface area contributed by atoms with E-state index in [2.05, 4.69) is 11.8 Å². The van der Waals surface area contributed by atoms with Crippen LogP contribution in [-0.4, -0.2) is 12.5 Å². The van der Waals surface area contributed by atoms with E-state index in [1.54, 1.807) is 0 Å². The van der Waals surface area contributed by atoms with Gasteiger partial charge in [-0.2, -0.15) is 0 Å². The van der Waals surface area contributed by atoms with E-state index >= 15 is 0 Å². The molecule has 0 bridgehead atoms. The largest absolute Gasteiger partial charge is 0.481 e. The van der Waals surface area contributed by atoms with Crippen molar-refractivity contribution in [3.63, 3.8) is 0 Å². The van der Waals surface area contributed by atoms with Crippen LogP contribution < -0.4 is 4.74 Å². The van der Waals surface area contributed by atoms with E-state index in [1.807, 2.05) is 31.2 Å². The molecule has 0 aromatic heterocycles. The molecule has 2 heteroatoms. The van der Waals surface area contributed by atoms with Crippen molar-refractivity contribution in [2.24, 2.45) is 0 Å². The van der Waals surface area contributed by atoms with E-state index < -0.39 is 0 Å². The van der Waals surface area contributed by atoms with E-state index in [-0.39, 0.29) is 0 Å². The molecule has 0 heterocycles. The summed E-state index contributed by atoms with van der Waals surface area (Å²) in [6.45, 7) is 2.40. The van der Waals surface area contributed by atoms with Crippen molar-refractivity contribution in [1.82, 2.24) is 0 Å². The molecule has 0 fully saturated rings. The summed E-state index contributed by atoms with van der Waals surface area (Å²) < 4.78 is 5.41. The van der Waals surface area contributed by atoms with E-state index in [9.17, 15) is 0 Å². The number of hydrogen-bond acceptors (Lipinski definition) is 1. The van der Waals surface area contributed by atoms with Gasteiger partial charge < -0.3 is 4.74 Å². The van der Waals surface area contributed by atoms with Crippen molar-refractivity contribution >= 4 is 11.6 Å². The van der Waals surface area contributed by atoms with Crippen LogP contribution in [-0.2, 0) is 0 Å². The first-order chi connectivity index (χ1) is 6.34. The monoisotopic (exact) mass is 194 g/mol. The Morgan fingerprint density at radius 3 is 2.77 bits per heavy atom. The Morgan fingerprint density at radius 2 is 2.08 bits per heavy atom. The highest BCUT2D eigenvalue weighted by atomic mass is 35.5. The number of para-hydroxylation sites is 1. The Labute approximate surface area is 83.7 Å². The zero-order valence-electron chi connectivity index (χ0n) is 7.51. The fourth-order valence-corrected chi connectivity index (χ4v) is 1.02. The van der Waals surface area contributed by atoms with Gasteiger partial charge in [-0.05, 0) is 18.6 Å². The Morgan fingerprint density at radius 1 is 1.31 bits per heavy atom. The van der Waals surface area contributed by atoms with Crippen LogP contribution >= 0.6 is 11.6 Å². The summed E-state index contributed by atoms with van der Waals surface area (Å²) in [5.41, 5.74) is 1.12.